The number of nitrogens with two attached hydrogens (primary N) is 2. The lowest BCUT2D eigenvalue weighted by Gasteiger charge is -2.22. The molecular formula is C16H29N5O6. The van der Waals surface area contributed by atoms with Gasteiger partial charge in [-0.25, -0.2) is 4.79 Å². The van der Waals surface area contributed by atoms with E-state index < -0.39 is 47.7 Å². The maximum Gasteiger partial charge on any atom is 0.326 e. The maximum absolute atomic E-state index is 12.4. The summed E-state index contributed by atoms with van der Waals surface area (Å²) in [6, 6.07) is -3.09. The van der Waals surface area contributed by atoms with Gasteiger partial charge in [0.25, 0.3) is 0 Å². The summed E-state index contributed by atoms with van der Waals surface area (Å²) in [5, 5.41) is 16.2. The Morgan fingerprint density at radius 1 is 0.963 bits per heavy atom. The second-order valence-corrected chi connectivity index (χ2v) is 6.66. The lowest BCUT2D eigenvalue weighted by molar-refractivity contribution is -0.142. The van der Waals surface area contributed by atoms with Gasteiger partial charge in [0.2, 0.25) is 23.6 Å². The molecule has 4 amide bonds. The molecule has 11 heteroatoms. The average Bonchev–Trinajstić information content (AvgIpc) is 2.54. The molecule has 0 radical (unpaired) electrons. The second kappa shape index (κ2) is 11.8. The van der Waals surface area contributed by atoms with Crippen molar-refractivity contribution in [3.05, 3.63) is 0 Å². The van der Waals surface area contributed by atoms with Crippen LogP contribution in [0.5, 0.6) is 0 Å². The predicted molar refractivity (Wildman–Crippen MR) is 96.0 cm³/mol. The summed E-state index contributed by atoms with van der Waals surface area (Å²) in [6.07, 6.45) is -0.119. The van der Waals surface area contributed by atoms with Gasteiger partial charge in [-0.15, -0.1) is 0 Å². The molecule has 0 heterocycles. The fourth-order valence-corrected chi connectivity index (χ4v) is 2.09. The van der Waals surface area contributed by atoms with Gasteiger partial charge >= 0.3 is 5.97 Å². The standard InChI is InChI=1S/C16H29N5O6/c1-8(2)6-11(20-13(23)7-19-14(24)9(3)17)15(25)21-10(16(26)27)4-5-12(18)22/h8-11H,4-7,17H2,1-3H3,(H2,18,22)(H,19,24)(H,20,23)(H,21,25)(H,26,27). The van der Waals surface area contributed by atoms with Crippen molar-refractivity contribution in [2.45, 2.75) is 58.2 Å². The molecule has 0 aliphatic rings. The van der Waals surface area contributed by atoms with Gasteiger partial charge in [-0.2, -0.15) is 0 Å². The van der Waals surface area contributed by atoms with Crippen LogP contribution in [0, 0.1) is 5.92 Å². The van der Waals surface area contributed by atoms with E-state index in [4.69, 9.17) is 16.6 Å². The molecule has 3 unspecified atom stereocenters. The van der Waals surface area contributed by atoms with Gasteiger partial charge in [0.05, 0.1) is 12.6 Å². The smallest absolute Gasteiger partial charge is 0.326 e. The Labute approximate surface area is 157 Å². The van der Waals surface area contributed by atoms with E-state index in [1.807, 2.05) is 13.8 Å². The van der Waals surface area contributed by atoms with Crippen molar-refractivity contribution in [1.82, 2.24) is 16.0 Å². The molecule has 0 saturated heterocycles. The molecule has 3 atom stereocenters. The Bertz CT molecular complexity index is 564. The molecule has 0 fully saturated rings. The van der Waals surface area contributed by atoms with Gasteiger partial charge in [-0.05, 0) is 25.7 Å². The number of nitrogens with one attached hydrogen (secondary N) is 3. The van der Waals surface area contributed by atoms with Crippen LogP contribution in [0.1, 0.15) is 40.0 Å². The largest absolute Gasteiger partial charge is 0.480 e. The van der Waals surface area contributed by atoms with Crippen LogP contribution < -0.4 is 27.4 Å². The minimum atomic E-state index is -1.32. The van der Waals surface area contributed by atoms with Gasteiger partial charge in [-0.1, -0.05) is 13.8 Å². The average molecular weight is 387 g/mol. The molecule has 0 aromatic rings. The van der Waals surface area contributed by atoms with E-state index in [-0.39, 0.29) is 31.7 Å². The number of carbonyl (C=O) groups excluding carboxylic acids is 4. The summed E-state index contributed by atoms with van der Waals surface area (Å²) in [7, 11) is 0. The first kappa shape index (κ1) is 24.3. The fourth-order valence-electron chi connectivity index (χ4n) is 2.09. The van der Waals surface area contributed by atoms with Crippen LogP contribution >= 0.6 is 0 Å². The van der Waals surface area contributed by atoms with Crippen LogP contribution in [0.3, 0.4) is 0 Å². The highest BCUT2D eigenvalue weighted by molar-refractivity contribution is 5.92. The predicted octanol–water partition coefficient (Wildman–Crippen LogP) is -2.18. The van der Waals surface area contributed by atoms with Gasteiger partial charge in [-0.3, -0.25) is 19.2 Å². The third kappa shape index (κ3) is 10.8. The first-order valence-corrected chi connectivity index (χ1v) is 8.58. The molecule has 154 valence electrons. The van der Waals surface area contributed by atoms with Crippen LogP contribution in [-0.4, -0.2) is 59.4 Å². The zero-order valence-electron chi connectivity index (χ0n) is 15.8. The summed E-state index contributed by atoms with van der Waals surface area (Å²) in [6.45, 7) is 4.74. The van der Waals surface area contributed by atoms with Gasteiger partial charge in [0.15, 0.2) is 0 Å². The number of aliphatic carboxylic acids is 1. The summed E-state index contributed by atoms with van der Waals surface area (Å²) >= 11 is 0. The Balaban J connectivity index is 4.91. The van der Waals surface area contributed by atoms with Crippen molar-refractivity contribution in [3.8, 4) is 0 Å². The van der Waals surface area contributed by atoms with Crippen molar-refractivity contribution in [2.75, 3.05) is 6.54 Å². The number of amides is 4. The number of carboxylic acids is 1. The Morgan fingerprint density at radius 2 is 1.56 bits per heavy atom. The van der Waals surface area contributed by atoms with Crippen molar-refractivity contribution in [3.63, 3.8) is 0 Å². The summed E-state index contributed by atoms with van der Waals surface area (Å²) in [4.78, 5) is 57.8. The van der Waals surface area contributed by atoms with Crippen LogP contribution in [0.4, 0.5) is 0 Å². The Morgan fingerprint density at radius 3 is 2.00 bits per heavy atom. The number of rotatable bonds is 12. The minimum absolute atomic E-state index is 0.0219. The van der Waals surface area contributed by atoms with Crippen LogP contribution in [-0.2, 0) is 24.0 Å². The summed E-state index contributed by atoms with van der Waals surface area (Å²) in [5.41, 5.74) is 10.4. The molecule has 0 rings (SSSR count). The van der Waals surface area contributed by atoms with E-state index in [2.05, 4.69) is 16.0 Å². The molecule has 0 aliphatic heterocycles. The lowest BCUT2D eigenvalue weighted by atomic mass is 10.0. The molecule has 0 aromatic heterocycles. The van der Waals surface area contributed by atoms with E-state index in [0.29, 0.717) is 0 Å². The van der Waals surface area contributed by atoms with Crippen LogP contribution in [0.2, 0.25) is 0 Å². The second-order valence-electron chi connectivity index (χ2n) is 6.66. The van der Waals surface area contributed by atoms with Crippen LogP contribution in [0.25, 0.3) is 0 Å². The molecule has 27 heavy (non-hydrogen) atoms. The highest BCUT2D eigenvalue weighted by atomic mass is 16.4. The van der Waals surface area contributed by atoms with Crippen molar-refractivity contribution >= 4 is 29.6 Å². The normalized spacial score (nSPS) is 14.0. The topological polar surface area (TPSA) is 194 Å². The van der Waals surface area contributed by atoms with E-state index in [1.165, 1.54) is 6.92 Å². The summed E-state index contributed by atoms with van der Waals surface area (Å²) < 4.78 is 0. The minimum Gasteiger partial charge on any atom is -0.480 e. The third-order valence-corrected chi connectivity index (χ3v) is 3.49. The molecule has 11 nitrogen and oxygen atoms in total. The summed E-state index contributed by atoms with van der Waals surface area (Å²) in [5.74, 6) is -3.82. The zero-order chi connectivity index (χ0) is 21.1. The number of carbonyl (C=O) groups is 5. The van der Waals surface area contributed by atoms with Crippen molar-refractivity contribution in [1.29, 1.82) is 0 Å². The molecule has 0 aromatic carbocycles. The quantitative estimate of drug-likeness (QED) is 0.219. The van der Waals surface area contributed by atoms with E-state index >= 15 is 0 Å². The first-order chi connectivity index (χ1) is 12.4. The Hall–Kier alpha value is -2.69. The number of hydrogen-bond acceptors (Lipinski definition) is 6. The van der Waals surface area contributed by atoms with Gasteiger partial charge in [0.1, 0.15) is 12.1 Å². The number of primary amides is 1. The molecule has 0 saturated carbocycles. The monoisotopic (exact) mass is 387 g/mol. The van der Waals surface area contributed by atoms with Gasteiger partial charge in [0, 0.05) is 6.42 Å². The first-order valence-electron chi connectivity index (χ1n) is 8.58. The van der Waals surface area contributed by atoms with E-state index in [0.717, 1.165) is 0 Å². The van der Waals surface area contributed by atoms with Crippen molar-refractivity contribution < 1.29 is 29.1 Å². The Kier molecular flexibility index (Phi) is 10.7. The maximum atomic E-state index is 12.4. The van der Waals surface area contributed by atoms with Crippen LogP contribution in [0.15, 0.2) is 0 Å². The molecule has 0 aliphatic carbocycles. The molecule has 0 spiro atoms. The highest BCUT2D eigenvalue weighted by Gasteiger charge is 2.27. The fraction of sp³-hybridized carbons (Fsp3) is 0.688. The molecule has 0 bridgehead atoms. The number of carboxylic acid groups (broad SMARTS) is 1. The highest BCUT2D eigenvalue weighted by Crippen LogP contribution is 2.06. The molecule has 8 N–H and O–H groups in total. The SMILES string of the molecule is CC(C)CC(NC(=O)CNC(=O)C(C)N)C(=O)NC(CCC(N)=O)C(=O)O. The van der Waals surface area contributed by atoms with E-state index in [1.54, 1.807) is 0 Å². The zero-order valence-corrected chi connectivity index (χ0v) is 15.8. The number of hydrogen-bond donors (Lipinski definition) is 6. The third-order valence-electron chi connectivity index (χ3n) is 3.49. The molecular weight excluding hydrogens is 358 g/mol. The lowest BCUT2D eigenvalue weighted by Crippen LogP contribution is -2.54. The van der Waals surface area contributed by atoms with Gasteiger partial charge < -0.3 is 32.5 Å². The van der Waals surface area contributed by atoms with E-state index in [9.17, 15) is 24.0 Å². The van der Waals surface area contributed by atoms with Crippen molar-refractivity contribution in [2.24, 2.45) is 17.4 Å².